The molecule has 25 heavy (non-hydrogen) atoms. The molecule has 1 amide bonds. The molecule has 1 fully saturated rings. The van der Waals surface area contributed by atoms with E-state index in [0.29, 0.717) is 24.0 Å². The van der Waals surface area contributed by atoms with Crippen LogP contribution in [0.4, 0.5) is 5.69 Å². The minimum Gasteiger partial charge on any atom is -0.494 e. The Morgan fingerprint density at radius 3 is 2.64 bits per heavy atom. The van der Waals surface area contributed by atoms with Crippen molar-refractivity contribution < 1.29 is 9.53 Å². The summed E-state index contributed by atoms with van der Waals surface area (Å²) < 4.78 is 7.28. The zero-order valence-corrected chi connectivity index (χ0v) is 15.3. The van der Waals surface area contributed by atoms with Crippen molar-refractivity contribution in [3.63, 3.8) is 0 Å². The summed E-state index contributed by atoms with van der Waals surface area (Å²) in [7, 11) is 0. The van der Waals surface area contributed by atoms with Crippen molar-refractivity contribution in [1.82, 2.24) is 20.3 Å². The van der Waals surface area contributed by atoms with Crippen molar-refractivity contribution in [2.75, 3.05) is 25.0 Å². The summed E-state index contributed by atoms with van der Waals surface area (Å²) in [5.74, 6) is 0.542. The van der Waals surface area contributed by atoms with Gasteiger partial charge in [0, 0.05) is 5.69 Å². The number of halogens is 1. The van der Waals surface area contributed by atoms with Gasteiger partial charge in [-0.25, -0.2) is 4.68 Å². The maximum absolute atomic E-state index is 12.5. The van der Waals surface area contributed by atoms with Crippen LogP contribution in [0, 0.1) is 6.92 Å². The molecule has 1 aliphatic rings. The molecule has 1 saturated heterocycles. The molecule has 8 heteroatoms. The van der Waals surface area contributed by atoms with Gasteiger partial charge in [-0.3, -0.25) is 4.79 Å². The lowest BCUT2D eigenvalue weighted by atomic mass is 10.1. The number of nitrogens with one attached hydrogen (secondary N) is 2. The van der Waals surface area contributed by atoms with Crippen LogP contribution in [0.1, 0.15) is 42.0 Å². The van der Waals surface area contributed by atoms with E-state index in [9.17, 15) is 4.79 Å². The highest BCUT2D eigenvalue weighted by Gasteiger charge is 2.22. The van der Waals surface area contributed by atoms with Gasteiger partial charge in [-0.15, -0.1) is 17.5 Å². The lowest BCUT2D eigenvalue weighted by Crippen LogP contribution is -2.30. The molecule has 0 unspecified atom stereocenters. The first-order valence-corrected chi connectivity index (χ1v) is 8.35. The van der Waals surface area contributed by atoms with Gasteiger partial charge in [0.25, 0.3) is 5.91 Å². The van der Waals surface area contributed by atoms with E-state index in [1.165, 1.54) is 0 Å². The number of hydrogen-bond donors (Lipinski definition) is 2. The molecule has 1 aliphatic heterocycles. The summed E-state index contributed by atoms with van der Waals surface area (Å²) >= 11 is 0. The summed E-state index contributed by atoms with van der Waals surface area (Å²) in [4.78, 5) is 12.5. The topological polar surface area (TPSA) is 81.1 Å². The fraction of sp³-hybridized carbons (Fsp3) is 0.471. The van der Waals surface area contributed by atoms with E-state index in [0.717, 1.165) is 37.4 Å². The molecule has 0 saturated carbocycles. The third-order valence-electron chi connectivity index (χ3n) is 4.22. The van der Waals surface area contributed by atoms with E-state index in [-0.39, 0.29) is 18.3 Å². The van der Waals surface area contributed by atoms with Crippen molar-refractivity contribution >= 4 is 24.0 Å². The molecular formula is C17H24ClN5O2. The molecule has 1 aromatic carbocycles. The minimum atomic E-state index is -0.239. The number of carbonyl (C=O) groups is 1. The van der Waals surface area contributed by atoms with Crippen LogP contribution in [0.3, 0.4) is 0 Å². The smallest absolute Gasteiger partial charge is 0.278 e. The summed E-state index contributed by atoms with van der Waals surface area (Å²) in [6.07, 6.45) is 2.01. The number of piperidine rings is 1. The first-order chi connectivity index (χ1) is 11.7. The van der Waals surface area contributed by atoms with Crippen molar-refractivity contribution in [3.05, 3.63) is 35.7 Å². The Hall–Kier alpha value is -2.12. The first-order valence-electron chi connectivity index (χ1n) is 8.35. The largest absolute Gasteiger partial charge is 0.494 e. The molecule has 0 radical (unpaired) electrons. The molecule has 0 atom stereocenters. The van der Waals surface area contributed by atoms with E-state index < -0.39 is 0 Å². The van der Waals surface area contributed by atoms with Gasteiger partial charge >= 0.3 is 0 Å². The van der Waals surface area contributed by atoms with Crippen molar-refractivity contribution in [2.24, 2.45) is 0 Å². The highest BCUT2D eigenvalue weighted by molar-refractivity contribution is 6.03. The summed E-state index contributed by atoms with van der Waals surface area (Å²) in [6.45, 7) is 6.39. The maximum Gasteiger partial charge on any atom is 0.278 e. The molecule has 0 spiro atoms. The molecule has 3 rings (SSSR count). The van der Waals surface area contributed by atoms with E-state index in [1.54, 1.807) is 0 Å². The second-order valence-electron chi connectivity index (χ2n) is 5.86. The van der Waals surface area contributed by atoms with Gasteiger partial charge in [0.15, 0.2) is 5.69 Å². The highest BCUT2D eigenvalue weighted by Crippen LogP contribution is 2.21. The molecule has 136 valence electrons. The quantitative estimate of drug-likeness (QED) is 0.851. The molecule has 1 aromatic heterocycles. The van der Waals surface area contributed by atoms with Crippen LogP contribution in [-0.4, -0.2) is 40.6 Å². The van der Waals surface area contributed by atoms with Crippen LogP contribution in [-0.2, 0) is 0 Å². The molecule has 0 bridgehead atoms. The zero-order valence-electron chi connectivity index (χ0n) is 14.5. The van der Waals surface area contributed by atoms with Gasteiger partial charge in [-0.1, -0.05) is 5.21 Å². The van der Waals surface area contributed by atoms with Crippen LogP contribution < -0.4 is 15.4 Å². The highest BCUT2D eigenvalue weighted by atomic mass is 35.5. The molecule has 2 aromatic rings. The summed E-state index contributed by atoms with van der Waals surface area (Å²) in [5, 5.41) is 14.5. The van der Waals surface area contributed by atoms with E-state index in [1.807, 2.05) is 42.8 Å². The summed E-state index contributed by atoms with van der Waals surface area (Å²) in [6, 6.07) is 7.60. The fourth-order valence-corrected chi connectivity index (χ4v) is 2.94. The number of aromatic nitrogens is 3. The number of ether oxygens (including phenoxy) is 1. The van der Waals surface area contributed by atoms with Gasteiger partial charge in [0.1, 0.15) is 5.75 Å². The number of rotatable bonds is 5. The van der Waals surface area contributed by atoms with Gasteiger partial charge in [-0.2, -0.15) is 0 Å². The van der Waals surface area contributed by atoms with Crippen molar-refractivity contribution in [1.29, 1.82) is 0 Å². The Bertz CT molecular complexity index is 696. The molecule has 0 aliphatic carbocycles. The average Bonchev–Trinajstić information content (AvgIpc) is 2.99. The third-order valence-corrected chi connectivity index (χ3v) is 4.22. The number of carbonyl (C=O) groups excluding carboxylic acids is 1. The Morgan fingerprint density at radius 2 is 2.00 bits per heavy atom. The monoisotopic (exact) mass is 365 g/mol. The number of amides is 1. The summed E-state index contributed by atoms with van der Waals surface area (Å²) in [5.41, 5.74) is 1.90. The van der Waals surface area contributed by atoms with Crippen LogP contribution in [0.25, 0.3) is 0 Å². The van der Waals surface area contributed by atoms with Crippen LogP contribution >= 0.6 is 12.4 Å². The SMILES string of the molecule is CCOc1ccc(NC(=O)c2nnn(C3CCNCC3)c2C)cc1.Cl. The normalized spacial score (nSPS) is 14.6. The Morgan fingerprint density at radius 1 is 1.32 bits per heavy atom. The van der Waals surface area contributed by atoms with Gasteiger partial charge < -0.3 is 15.4 Å². The Balaban J connectivity index is 0.00000225. The lowest BCUT2D eigenvalue weighted by Gasteiger charge is -2.23. The predicted octanol–water partition coefficient (Wildman–Crippen LogP) is 2.58. The Labute approximate surface area is 153 Å². The van der Waals surface area contributed by atoms with Crippen LogP contribution in [0.2, 0.25) is 0 Å². The molecule has 2 heterocycles. The maximum atomic E-state index is 12.5. The second kappa shape index (κ2) is 8.82. The average molecular weight is 366 g/mol. The van der Waals surface area contributed by atoms with Gasteiger partial charge in [0.05, 0.1) is 18.3 Å². The number of anilines is 1. The fourth-order valence-electron chi connectivity index (χ4n) is 2.94. The van der Waals surface area contributed by atoms with Crippen LogP contribution in [0.5, 0.6) is 5.75 Å². The van der Waals surface area contributed by atoms with Gasteiger partial charge in [-0.05, 0) is 64.0 Å². The minimum absolute atomic E-state index is 0. The standard InChI is InChI=1S/C17H23N5O2.ClH/c1-3-24-15-6-4-13(5-7-15)19-17(23)16-12(2)22(21-20-16)14-8-10-18-11-9-14;/h4-7,14,18H,3,8-11H2,1-2H3,(H,19,23);1H. The molecule has 2 N–H and O–H groups in total. The molecule has 7 nitrogen and oxygen atoms in total. The van der Waals surface area contributed by atoms with E-state index in [4.69, 9.17) is 4.74 Å². The number of nitrogens with zero attached hydrogens (tertiary/aromatic N) is 3. The third kappa shape index (κ3) is 4.49. The van der Waals surface area contributed by atoms with E-state index >= 15 is 0 Å². The Kier molecular flexibility index (Phi) is 6.78. The van der Waals surface area contributed by atoms with E-state index in [2.05, 4.69) is 20.9 Å². The zero-order chi connectivity index (χ0) is 16.9. The lowest BCUT2D eigenvalue weighted by molar-refractivity contribution is 0.102. The van der Waals surface area contributed by atoms with Crippen molar-refractivity contribution in [2.45, 2.75) is 32.7 Å². The second-order valence-corrected chi connectivity index (χ2v) is 5.86. The van der Waals surface area contributed by atoms with Crippen LogP contribution in [0.15, 0.2) is 24.3 Å². The first kappa shape index (κ1) is 19.2. The predicted molar refractivity (Wildman–Crippen MR) is 98.7 cm³/mol. The number of hydrogen-bond acceptors (Lipinski definition) is 5. The van der Waals surface area contributed by atoms with Crippen molar-refractivity contribution in [3.8, 4) is 5.75 Å². The van der Waals surface area contributed by atoms with Gasteiger partial charge in [0.2, 0.25) is 0 Å². The molecular weight excluding hydrogens is 342 g/mol. The number of benzene rings is 1.